The molecule has 0 aromatic heterocycles. The number of ether oxygens (including phenoxy) is 1. The normalized spacial score (nSPS) is 33.1. The van der Waals surface area contributed by atoms with Gasteiger partial charge in [0.05, 0.1) is 12.0 Å². The molecule has 1 aromatic carbocycles. The molecule has 0 aliphatic carbocycles. The zero-order valence-corrected chi connectivity index (χ0v) is 12.3. The summed E-state index contributed by atoms with van der Waals surface area (Å²) in [7, 11) is 2.20. The number of carbonyl (C=O) groups is 1. The van der Waals surface area contributed by atoms with Crippen LogP contribution in [-0.4, -0.2) is 36.6 Å². The van der Waals surface area contributed by atoms with Gasteiger partial charge in [-0.05, 0) is 45.2 Å². The zero-order chi connectivity index (χ0) is 14.2. The van der Waals surface area contributed by atoms with Crippen LogP contribution in [0.3, 0.4) is 0 Å². The highest BCUT2D eigenvalue weighted by atomic mass is 16.5. The summed E-state index contributed by atoms with van der Waals surface area (Å²) in [5.74, 6) is -0.0313. The van der Waals surface area contributed by atoms with Crippen molar-refractivity contribution in [3.8, 4) is 0 Å². The average Bonchev–Trinajstić information content (AvgIpc) is 2.70. The molecule has 2 bridgehead atoms. The minimum atomic E-state index is -0.435. The van der Waals surface area contributed by atoms with Gasteiger partial charge in [-0.1, -0.05) is 30.3 Å². The van der Waals surface area contributed by atoms with Gasteiger partial charge < -0.3 is 9.64 Å². The first-order valence-corrected chi connectivity index (χ1v) is 7.62. The second kappa shape index (κ2) is 5.21. The molecule has 108 valence electrons. The number of hydrogen-bond donors (Lipinski definition) is 0. The maximum absolute atomic E-state index is 12.7. The summed E-state index contributed by atoms with van der Waals surface area (Å²) in [5.41, 5.74) is 0.693. The lowest BCUT2D eigenvalue weighted by Crippen LogP contribution is -2.52. The summed E-state index contributed by atoms with van der Waals surface area (Å²) in [6, 6.07) is 11.2. The molecule has 2 aliphatic rings. The van der Waals surface area contributed by atoms with E-state index in [9.17, 15) is 4.79 Å². The molecule has 2 heterocycles. The van der Waals surface area contributed by atoms with Crippen molar-refractivity contribution >= 4 is 5.97 Å². The van der Waals surface area contributed by atoms with E-state index in [2.05, 4.69) is 24.1 Å². The van der Waals surface area contributed by atoms with E-state index in [1.807, 2.05) is 25.1 Å². The fourth-order valence-corrected chi connectivity index (χ4v) is 4.02. The van der Waals surface area contributed by atoms with Crippen molar-refractivity contribution in [1.29, 1.82) is 0 Å². The number of fused-ring (bicyclic) bond motifs is 2. The topological polar surface area (TPSA) is 29.5 Å². The monoisotopic (exact) mass is 273 g/mol. The number of piperidine rings is 1. The highest BCUT2D eigenvalue weighted by Crippen LogP contribution is 2.47. The Bertz CT molecular complexity index is 471. The Kier molecular flexibility index (Phi) is 3.55. The van der Waals surface area contributed by atoms with Crippen molar-refractivity contribution in [1.82, 2.24) is 4.90 Å². The Balaban J connectivity index is 1.99. The molecule has 2 aliphatic heterocycles. The Morgan fingerprint density at radius 2 is 1.85 bits per heavy atom. The van der Waals surface area contributed by atoms with Crippen molar-refractivity contribution in [3.63, 3.8) is 0 Å². The molecule has 2 fully saturated rings. The molecule has 2 atom stereocenters. The van der Waals surface area contributed by atoms with E-state index in [1.54, 1.807) is 0 Å². The SMILES string of the molecule is CCOC(=O)C1(c2ccccc2)CC2CCC(C1)N2C. The maximum Gasteiger partial charge on any atom is 0.316 e. The van der Waals surface area contributed by atoms with Crippen LogP contribution in [0.5, 0.6) is 0 Å². The van der Waals surface area contributed by atoms with Gasteiger partial charge in [0.25, 0.3) is 0 Å². The molecule has 3 heteroatoms. The van der Waals surface area contributed by atoms with Gasteiger partial charge in [0.15, 0.2) is 0 Å². The number of esters is 1. The first kappa shape index (κ1) is 13.6. The smallest absolute Gasteiger partial charge is 0.316 e. The molecule has 0 spiro atoms. The fourth-order valence-electron chi connectivity index (χ4n) is 4.02. The summed E-state index contributed by atoms with van der Waals surface area (Å²) in [5, 5.41) is 0. The molecule has 1 aromatic rings. The van der Waals surface area contributed by atoms with Crippen LogP contribution in [-0.2, 0) is 14.9 Å². The number of rotatable bonds is 3. The maximum atomic E-state index is 12.7. The molecule has 0 radical (unpaired) electrons. The summed E-state index contributed by atoms with van der Waals surface area (Å²) >= 11 is 0. The zero-order valence-electron chi connectivity index (χ0n) is 12.3. The molecular formula is C17H23NO2. The van der Waals surface area contributed by atoms with Gasteiger partial charge in [-0.25, -0.2) is 0 Å². The van der Waals surface area contributed by atoms with Crippen LogP contribution >= 0.6 is 0 Å². The first-order chi connectivity index (χ1) is 9.67. The van der Waals surface area contributed by atoms with Gasteiger partial charge in [0.2, 0.25) is 0 Å². The highest BCUT2D eigenvalue weighted by Gasteiger charge is 2.52. The second-order valence-electron chi connectivity index (χ2n) is 6.13. The minimum absolute atomic E-state index is 0.0313. The molecule has 3 nitrogen and oxygen atoms in total. The van der Waals surface area contributed by atoms with Crippen LogP contribution in [0.2, 0.25) is 0 Å². The highest BCUT2D eigenvalue weighted by molar-refractivity contribution is 5.83. The van der Waals surface area contributed by atoms with E-state index in [1.165, 1.54) is 12.8 Å². The van der Waals surface area contributed by atoms with Gasteiger partial charge in [-0.3, -0.25) is 4.79 Å². The van der Waals surface area contributed by atoms with Gasteiger partial charge in [-0.2, -0.15) is 0 Å². The Morgan fingerprint density at radius 3 is 2.40 bits per heavy atom. The second-order valence-corrected chi connectivity index (χ2v) is 6.13. The van der Waals surface area contributed by atoms with Gasteiger partial charge in [0, 0.05) is 12.1 Å². The molecule has 0 saturated carbocycles. The third-order valence-electron chi connectivity index (χ3n) is 5.15. The van der Waals surface area contributed by atoms with Gasteiger partial charge >= 0.3 is 5.97 Å². The van der Waals surface area contributed by atoms with Crippen molar-refractivity contribution in [2.75, 3.05) is 13.7 Å². The summed E-state index contributed by atoms with van der Waals surface area (Å²) in [4.78, 5) is 15.2. The molecule has 3 rings (SSSR count). The van der Waals surface area contributed by atoms with Crippen molar-refractivity contribution in [2.24, 2.45) is 0 Å². The molecule has 0 amide bonds. The van der Waals surface area contributed by atoms with E-state index < -0.39 is 5.41 Å². The van der Waals surface area contributed by atoms with E-state index in [0.717, 1.165) is 18.4 Å². The van der Waals surface area contributed by atoms with Crippen LogP contribution in [0.25, 0.3) is 0 Å². The lowest BCUT2D eigenvalue weighted by atomic mass is 9.70. The minimum Gasteiger partial charge on any atom is -0.465 e. The number of carbonyl (C=O) groups excluding carboxylic acids is 1. The van der Waals surface area contributed by atoms with E-state index in [0.29, 0.717) is 18.7 Å². The Labute approximate surface area is 120 Å². The van der Waals surface area contributed by atoms with Crippen molar-refractivity contribution in [3.05, 3.63) is 35.9 Å². The van der Waals surface area contributed by atoms with Crippen LogP contribution < -0.4 is 0 Å². The number of nitrogens with zero attached hydrogens (tertiary/aromatic N) is 1. The van der Waals surface area contributed by atoms with Crippen LogP contribution in [0.1, 0.15) is 38.2 Å². The third-order valence-corrected chi connectivity index (χ3v) is 5.15. The Morgan fingerprint density at radius 1 is 1.25 bits per heavy atom. The lowest BCUT2D eigenvalue weighted by Gasteiger charge is -2.43. The first-order valence-electron chi connectivity index (χ1n) is 7.62. The molecule has 0 N–H and O–H groups in total. The number of hydrogen-bond acceptors (Lipinski definition) is 3. The summed E-state index contributed by atoms with van der Waals surface area (Å²) in [6.45, 7) is 2.35. The Hall–Kier alpha value is -1.35. The standard InChI is InChI=1S/C17H23NO2/c1-3-20-16(19)17(13-7-5-4-6-8-13)11-14-9-10-15(12-17)18(14)2/h4-8,14-15H,3,9-12H2,1-2H3. The quantitative estimate of drug-likeness (QED) is 0.793. The number of benzene rings is 1. The van der Waals surface area contributed by atoms with Crippen LogP contribution in [0.15, 0.2) is 30.3 Å². The predicted octanol–water partition coefficient (Wildman–Crippen LogP) is 2.74. The predicted molar refractivity (Wildman–Crippen MR) is 78.6 cm³/mol. The van der Waals surface area contributed by atoms with Crippen LogP contribution in [0.4, 0.5) is 0 Å². The van der Waals surface area contributed by atoms with Crippen LogP contribution in [0, 0.1) is 0 Å². The lowest BCUT2D eigenvalue weighted by molar-refractivity contribution is -0.153. The summed E-state index contributed by atoms with van der Waals surface area (Å²) < 4.78 is 5.44. The largest absolute Gasteiger partial charge is 0.465 e. The average molecular weight is 273 g/mol. The van der Waals surface area contributed by atoms with Crippen molar-refractivity contribution < 1.29 is 9.53 Å². The molecule has 2 saturated heterocycles. The molecule has 2 unspecified atom stereocenters. The third kappa shape index (κ3) is 2.05. The van der Waals surface area contributed by atoms with Crippen molar-refractivity contribution in [2.45, 2.75) is 50.1 Å². The molecular weight excluding hydrogens is 250 g/mol. The van der Waals surface area contributed by atoms with Gasteiger partial charge in [-0.15, -0.1) is 0 Å². The van der Waals surface area contributed by atoms with E-state index >= 15 is 0 Å². The molecule has 20 heavy (non-hydrogen) atoms. The summed E-state index contributed by atoms with van der Waals surface area (Å²) in [6.07, 6.45) is 4.19. The van der Waals surface area contributed by atoms with Gasteiger partial charge in [0.1, 0.15) is 0 Å². The van der Waals surface area contributed by atoms with E-state index in [4.69, 9.17) is 4.74 Å². The fraction of sp³-hybridized carbons (Fsp3) is 0.588. The van der Waals surface area contributed by atoms with E-state index in [-0.39, 0.29) is 5.97 Å².